The lowest BCUT2D eigenvalue weighted by atomic mass is 10.2. The van der Waals surface area contributed by atoms with E-state index in [0.717, 1.165) is 14.8 Å². The van der Waals surface area contributed by atoms with Crippen LogP contribution < -0.4 is 0 Å². The summed E-state index contributed by atoms with van der Waals surface area (Å²) in [6.45, 7) is 2.04. The number of carboxylic acids is 1. The molecule has 0 aliphatic carbocycles. The van der Waals surface area contributed by atoms with Crippen LogP contribution in [0.3, 0.4) is 0 Å². The van der Waals surface area contributed by atoms with Crippen LogP contribution in [0.5, 0.6) is 0 Å². The number of carboxylic acid groups (broad SMARTS) is 1. The van der Waals surface area contributed by atoms with Gasteiger partial charge in [-0.25, -0.2) is 9.78 Å². The van der Waals surface area contributed by atoms with Crippen molar-refractivity contribution in [2.24, 2.45) is 0 Å². The van der Waals surface area contributed by atoms with Crippen LogP contribution in [0.1, 0.15) is 17.3 Å². The average molecular weight is 274 g/mol. The van der Waals surface area contributed by atoms with E-state index in [1.165, 1.54) is 17.4 Å². The van der Waals surface area contributed by atoms with Gasteiger partial charge >= 0.3 is 5.97 Å². The summed E-state index contributed by atoms with van der Waals surface area (Å²) in [6, 6.07) is 3.27. The zero-order chi connectivity index (χ0) is 11.7. The molecule has 2 aromatic rings. The van der Waals surface area contributed by atoms with Gasteiger partial charge in [-0.1, -0.05) is 30.3 Å². The second-order valence-corrected chi connectivity index (χ2v) is 5.91. The number of aromatic nitrogens is 1. The molecule has 0 saturated carbocycles. The summed E-state index contributed by atoms with van der Waals surface area (Å²) in [5.74, 6) is -0.0898. The summed E-state index contributed by atoms with van der Waals surface area (Å²) >= 11 is 9.16. The lowest BCUT2D eigenvalue weighted by Gasteiger charge is -1.97. The molecule has 3 nitrogen and oxygen atoms in total. The second kappa shape index (κ2) is 4.61. The van der Waals surface area contributed by atoms with Gasteiger partial charge in [-0.15, -0.1) is 11.3 Å². The second-order valence-electron chi connectivity index (χ2n) is 2.99. The number of carbonyl (C=O) groups is 1. The van der Waals surface area contributed by atoms with Crippen molar-refractivity contribution in [3.05, 3.63) is 22.7 Å². The van der Waals surface area contributed by atoms with Crippen molar-refractivity contribution in [1.82, 2.24) is 4.98 Å². The summed E-state index contributed by atoms with van der Waals surface area (Å²) in [7, 11) is 0. The summed E-state index contributed by atoms with van der Waals surface area (Å²) in [5.41, 5.74) is 0.690. The van der Waals surface area contributed by atoms with Crippen LogP contribution in [0.2, 0.25) is 5.02 Å². The Bertz CT molecular complexity index is 553. The molecule has 0 atom stereocenters. The Morgan fingerprint density at radius 2 is 2.38 bits per heavy atom. The van der Waals surface area contributed by atoms with Crippen LogP contribution >= 0.6 is 34.7 Å². The predicted octanol–water partition coefficient (Wildman–Crippen LogP) is 3.76. The third kappa shape index (κ3) is 2.03. The van der Waals surface area contributed by atoms with Gasteiger partial charge < -0.3 is 5.11 Å². The molecular weight excluding hydrogens is 266 g/mol. The third-order valence-electron chi connectivity index (χ3n) is 1.98. The molecule has 0 bridgehead atoms. The normalized spacial score (nSPS) is 10.9. The van der Waals surface area contributed by atoms with Crippen molar-refractivity contribution in [3.63, 3.8) is 0 Å². The van der Waals surface area contributed by atoms with Crippen LogP contribution in [0.25, 0.3) is 10.2 Å². The number of rotatable bonds is 3. The fraction of sp³-hybridized carbons (Fsp3) is 0.200. The van der Waals surface area contributed by atoms with E-state index in [1.807, 2.05) is 6.92 Å². The van der Waals surface area contributed by atoms with E-state index in [1.54, 1.807) is 17.8 Å². The monoisotopic (exact) mass is 273 g/mol. The Labute approximate surface area is 105 Å². The molecule has 6 heteroatoms. The molecule has 0 unspecified atom stereocenters. The van der Waals surface area contributed by atoms with E-state index in [0.29, 0.717) is 5.52 Å². The van der Waals surface area contributed by atoms with Crippen LogP contribution in [-0.2, 0) is 0 Å². The summed E-state index contributed by atoms with van der Waals surface area (Å²) < 4.78 is 1.84. The highest BCUT2D eigenvalue weighted by atomic mass is 35.5. The lowest BCUT2D eigenvalue weighted by molar-refractivity contribution is 0.0697. The van der Waals surface area contributed by atoms with Gasteiger partial charge in [0.25, 0.3) is 0 Å². The summed E-state index contributed by atoms with van der Waals surface area (Å²) in [5, 5.41) is 9.15. The Kier molecular flexibility index (Phi) is 3.37. The van der Waals surface area contributed by atoms with Gasteiger partial charge in [0.15, 0.2) is 4.34 Å². The summed E-state index contributed by atoms with van der Waals surface area (Å²) in [4.78, 5) is 15.2. The van der Waals surface area contributed by atoms with Gasteiger partial charge in [-0.05, 0) is 17.9 Å². The number of hydrogen-bond donors (Lipinski definition) is 1. The van der Waals surface area contributed by atoms with Gasteiger partial charge in [-0.3, -0.25) is 0 Å². The van der Waals surface area contributed by atoms with Crippen molar-refractivity contribution in [2.75, 3.05) is 5.75 Å². The molecule has 0 spiro atoms. The number of fused-ring (bicyclic) bond motifs is 1. The fourth-order valence-corrected chi connectivity index (χ4v) is 3.60. The molecule has 0 radical (unpaired) electrons. The van der Waals surface area contributed by atoms with Crippen LogP contribution in [0, 0.1) is 0 Å². The van der Waals surface area contributed by atoms with E-state index in [4.69, 9.17) is 16.7 Å². The van der Waals surface area contributed by atoms with Crippen molar-refractivity contribution in [3.8, 4) is 0 Å². The predicted molar refractivity (Wildman–Crippen MR) is 68.0 cm³/mol. The SMILES string of the molecule is CCSc1nc2c(Cl)c(C(=O)O)ccc2s1. The van der Waals surface area contributed by atoms with Crippen molar-refractivity contribution in [2.45, 2.75) is 11.3 Å². The topological polar surface area (TPSA) is 50.2 Å². The molecule has 0 fully saturated rings. The lowest BCUT2D eigenvalue weighted by Crippen LogP contribution is -1.96. The van der Waals surface area contributed by atoms with Gasteiger partial charge in [0.2, 0.25) is 0 Å². The van der Waals surface area contributed by atoms with Crippen LogP contribution in [0.4, 0.5) is 0 Å². The molecular formula is C10H8ClNO2S2. The molecule has 84 valence electrons. The number of halogens is 1. The van der Waals surface area contributed by atoms with Crippen molar-refractivity contribution >= 4 is 50.9 Å². The number of benzene rings is 1. The molecule has 2 rings (SSSR count). The van der Waals surface area contributed by atoms with Crippen LogP contribution in [0.15, 0.2) is 16.5 Å². The van der Waals surface area contributed by atoms with Gasteiger partial charge in [0.1, 0.15) is 5.52 Å². The number of thioether (sulfide) groups is 1. The standard InChI is InChI=1S/C10H8ClNO2S2/c1-2-15-10-12-8-6(16-10)4-3-5(7(8)11)9(13)14/h3-4H,2H2,1H3,(H,13,14). The first kappa shape index (κ1) is 11.7. The summed E-state index contributed by atoms with van der Waals surface area (Å²) in [6.07, 6.45) is 0. The van der Waals surface area contributed by atoms with E-state index >= 15 is 0 Å². The minimum Gasteiger partial charge on any atom is -0.478 e. The maximum absolute atomic E-state index is 10.9. The molecule has 0 aliphatic heterocycles. The van der Waals surface area contributed by atoms with Crippen molar-refractivity contribution in [1.29, 1.82) is 0 Å². The first-order valence-corrected chi connectivity index (χ1v) is 6.76. The highest BCUT2D eigenvalue weighted by molar-refractivity contribution is 8.01. The molecule has 0 amide bonds. The average Bonchev–Trinajstić information content (AvgIpc) is 2.62. The maximum atomic E-state index is 10.9. The number of nitrogens with zero attached hydrogens (tertiary/aromatic N) is 1. The largest absolute Gasteiger partial charge is 0.478 e. The number of hydrogen-bond acceptors (Lipinski definition) is 4. The van der Waals surface area contributed by atoms with Gasteiger partial charge in [0.05, 0.1) is 15.3 Å². The highest BCUT2D eigenvalue weighted by Crippen LogP contribution is 2.34. The first-order valence-electron chi connectivity index (χ1n) is 4.58. The zero-order valence-corrected chi connectivity index (χ0v) is 10.7. The highest BCUT2D eigenvalue weighted by Gasteiger charge is 2.15. The van der Waals surface area contributed by atoms with E-state index in [2.05, 4.69) is 4.98 Å². The van der Waals surface area contributed by atoms with Gasteiger partial charge in [-0.2, -0.15) is 0 Å². The number of thiazole rings is 1. The van der Waals surface area contributed by atoms with E-state index in [9.17, 15) is 4.79 Å². The molecule has 1 aromatic heterocycles. The first-order chi connectivity index (χ1) is 7.63. The van der Waals surface area contributed by atoms with Crippen molar-refractivity contribution < 1.29 is 9.90 Å². The molecule has 1 N–H and O–H groups in total. The smallest absolute Gasteiger partial charge is 0.337 e. The van der Waals surface area contributed by atoms with Crippen LogP contribution in [-0.4, -0.2) is 21.8 Å². The fourth-order valence-electron chi connectivity index (χ4n) is 1.29. The maximum Gasteiger partial charge on any atom is 0.337 e. The Hall–Kier alpha value is -0.780. The van der Waals surface area contributed by atoms with E-state index in [-0.39, 0.29) is 10.6 Å². The minimum atomic E-state index is -1.02. The van der Waals surface area contributed by atoms with E-state index < -0.39 is 5.97 Å². The quantitative estimate of drug-likeness (QED) is 0.865. The Balaban J connectivity index is 2.60. The Morgan fingerprint density at radius 3 is 3.00 bits per heavy atom. The van der Waals surface area contributed by atoms with Gasteiger partial charge in [0, 0.05) is 0 Å². The Morgan fingerprint density at radius 1 is 1.62 bits per heavy atom. The third-order valence-corrected chi connectivity index (χ3v) is 4.41. The molecule has 16 heavy (non-hydrogen) atoms. The zero-order valence-electron chi connectivity index (χ0n) is 8.36. The minimum absolute atomic E-state index is 0.104. The molecule has 0 aliphatic rings. The molecule has 0 saturated heterocycles. The molecule has 1 aromatic carbocycles. The number of aromatic carboxylic acids is 1. The molecule has 1 heterocycles.